The van der Waals surface area contributed by atoms with Gasteiger partial charge in [-0.2, -0.15) is 14.5 Å². The third kappa shape index (κ3) is 4.43. The molecule has 1 amide bonds. The fourth-order valence-corrected chi connectivity index (χ4v) is 4.44. The Balaban J connectivity index is 1.42. The van der Waals surface area contributed by atoms with Crippen LogP contribution in [0.15, 0.2) is 24.4 Å². The molecule has 11 heteroatoms. The zero-order valence-electron chi connectivity index (χ0n) is 19.0. The number of aliphatic hydroxyl groups excluding tert-OH is 1. The van der Waals surface area contributed by atoms with Gasteiger partial charge in [-0.15, -0.1) is 0 Å². The molecule has 0 saturated carbocycles. The van der Waals surface area contributed by atoms with Gasteiger partial charge in [0.15, 0.2) is 5.82 Å². The molecule has 0 radical (unpaired) electrons. The largest absolute Gasteiger partial charge is 0.392 e. The first kappa shape index (κ1) is 22.2. The van der Waals surface area contributed by atoms with Crippen LogP contribution < -0.4 is 15.5 Å². The quantitative estimate of drug-likeness (QED) is 0.408. The number of halogens is 1. The van der Waals surface area contributed by atoms with Crippen LogP contribution in [0, 0.1) is 5.95 Å². The van der Waals surface area contributed by atoms with Crippen molar-refractivity contribution in [3.05, 3.63) is 47.3 Å². The van der Waals surface area contributed by atoms with Gasteiger partial charge in [-0.05, 0) is 30.9 Å². The maximum atomic E-state index is 13.1. The monoisotopic (exact) mass is 466 g/mol. The molecule has 5 rings (SSSR count). The van der Waals surface area contributed by atoms with E-state index in [2.05, 4.69) is 39.7 Å². The molecule has 0 spiro atoms. The van der Waals surface area contributed by atoms with E-state index < -0.39 is 18.1 Å². The average molecular weight is 467 g/mol. The summed E-state index contributed by atoms with van der Waals surface area (Å²) in [4.78, 5) is 28.0. The van der Waals surface area contributed by atoms with E-state index in [0.29, 0.717) is 55.0 Å². The minimum Gasteiger partial charge on any atom is -0.392 e. The summed E-state index contributed by atoms with van der Waals surface area (Å²) in [6.45, 7) is 4.78. The van der Waals surface area contributed by atoms with Crippen LogP contribution in [0.4, 0.5) is 27.7 Å². The van der Waals surface area contributed by atoms with Crippen LogP contribution in [0.1, 0.15) is 49.6 Å². The SMILES string of the molecule is CC(C)c1cc(Nc2nc(N3CCCC3C(=O)Nc3ccc(F)nc3)nc3c2CC(O)C3)n[nH]1. The zero-order chi connectivity index (χ0) is 23.8. The first-order chi connectivity index (χ1) is 16.4. The van der Waals surface area contributed by atoms with Gasteiger partial charge in [0.05, 0.1) is 23.7 Å². The molecule has 1 fully saturated rings. The number of fused-ring (bicyclic) bond motifs is 1. The smallest absolute Gasteiger partial charge is 0.247 e. The standard InChI is InChI=1S/C23H27FN8O2/c1-12(2)16-10-20(31-30-16)28-21-15-8-14(33)9-17(15)27-23(29-21)32-7-3-4-18(32)22(34)26-13-5-6-19(24)25-11-13/h5-6,10-12,14,18,33H,3-4,7-9H2,1-2H3,(H,26,34)(H2,27,28,29,30,31). The second-order valence-electron chi connectivity index (χ2n) is 9.06. The van der Waals surface area contributed by atoms with E-state index in [9.17, 15) is 14.3 Å². The molecule has 1 aliphatic carbocycles. The second-order valence-corrected chi connectivity index (χ2v) is 9.06. The summed E-state index contributed by atoms with van der Waals surface area (Å²) in [5.41, 5.74) is 3.06. The topological polar surface area (TPSA) is 132 Å². The molecule has 3 aromatic heterocycles. The number of pyridine rings is 1. The molecule has 4 N–H and O–H groups in total. The van der Waals surface area contributed by atoms with Gasteiger partial charge in [-0.1, -0.05) is 13.8 Å². The maximum absolute atomic E-state index is 13.1. The number of carbonyl (C=O) groups is 1. The molecule has 0 aromatic carbocycles. The number of aliphatic hydroxyl groups is 1. The van der Waals surface area contributed by atoms with E-state index in [1.54, 1.807) is 0 Å². The van der Waals surface area contributed by atoms with E-state index in [4.69, 9.17) is 9.97 Å². The van der Waals surface area contributed by atoms with Crippen molar-refractivity contribution in [2.24, 2.45) is 0 Å². The number of H-pyrrole nitrogens is 1. The van der Waals surface area contributed by atoms with Gasteiger partial charge < -0.3 is 20.6 Å². The summed E-state index contributed by atoms with van der Waals surface area (Å²) < 4.78 is 13.1. The number of anilines is 4. The molecule has 178 valence electrons. The van der Waals surface area contributed by atoms with Crippen LogP contribution in [0.3, 0.4) is 0 Å². The minimum absolute atomic E-state index is 0.224. The second kappa shape index (κ2) is 8.98. The lowest BCUT2D eigenvalue weighted by molar-refractivity contribution is -0.117. The average Bonchev–Trinajstić information content (AvgIpc) is 3.54. The molecule has 2 aliphatic rings. The number of carbonyl (C=O) groups excluding carboxylic acids is 1. The minimum atomic E-state index is -0.605. The summed E-state index contributed by atoms with van der Waals surface area (Å²) in [5.74, 6) is 1.13. The van der Waals surface area contributed by atoms with Gasteiger partial charge in [0, 0.05) is 36.7 Å². The molecule has 0 bridgehead atoms. The number of nitrogens with one attached hydrogen (secondary N) is 3. The van der Waals surface area contributed by atoms with Gasteiger partial charge in [0.1, 0.15) is 11.9 Å². The highest BCUT2D eigenvalue weighted by atomic mass is 19.1. The number of aromatic amines is 1. The highest BCUT2D eigenvalue weighted by Crippen LogP contribution is 2.33. The predicted octanol–water partition coefficient (Wildman–Crippen LogP) is 2.67. The molecule has 2 atom stereocenters. The Bertz CT molecular complexity index is 1200. The molecule has 2 unspecified atom stereocenters. The van der Waals surface area contributed by atoms with Crippen LogP contribution >= 0.6 is 0 Å². The van der Waals surface area contributed by atoms with Gasteiger partial charge in [-0.3, -0.25) is 9.89 Å². The number of amides is 1. The van der Waals surface area contributed by atoms with E-state index in [0.717, 1.165) is 23.4 Å². The third-order valence-corrected chi connectivity index (χ3v) is 6.22. The van der Waals surface area contributed by atoms with E-state index in [-0.39, 0.29) is 5.91 Å². The van der Waals surface area contributed by atoms with Crippen LogP contribution in [0.2, 0.25) is 0 Å². The number of hydrogen-bond acceptors (Lipinski definition) is 8. The number of hydrogen-bond donors (Lipinski definition) is 4. The normalized spacial score (nSPS) is 19.5. The van der Waals surface area contributed by atoms with Crippen molar-refractivity contribution in [2.75, 3.05) is 22.1 Å². The summed E-state index contributed by atoms with van der Waals surface area (Å²) >= 11 is 0. The maximum Gasteiger partial charge on any atom is 0.247 e. The van der Waals surface area contributed by atoms with Gasteiger partial charge in [-0.25, -0.2) is 9.97 Å². The summed E-state index contributed by atoms with van der Waals surface area (Å²) in [5, 5.41) is 23.7. The number of nitrogens with zero attached hydrogens (tertiary/aromatic N) is 5. The Morgan fingerprint density at radius 1 is 1.29 bits per heavy atom. The molecule has 4 heterocycles. The molecule has 1 aliphatic heterocycles. The van der Waals surface area contributed by atoms with Crippen molar-refractivity contribution < 1.29 is 14.3 Å². The Morgan fingerprint density at radius 2 is 2.15 bits per heavy atom. The van der Waals surface area contributed by atoms with Crippen molar-refractivity contribution >= 4 is 29.2 Å². The first-order valence-electron chi connectivity index (χ1n) is 11.5. The lowest BCUT2D eigenvalue weighted by Gasteiger charge is -2.25. The summed E-state index contributed by atoms with van der Waals surface area (Å²) in [6.07, 6.45) is 3.11. The highest BCUT2D eigenvalue weighted by Gasteiger charge is 2.35. The third-order valence-electron chi connectivity index (χ3n) is 6.22. The van der Waals surface area contributed by atoms with E-state index >= 15 is 0 Å². The fraction of sp³-hybridized carbons (Fsp3) is 0.435. The molecular weight excluding hydrogens is 439 g/mol. The highest BCUT2D eigenvalue weighted by molar-refractivity contribution is 5.96. The summed E-state index contributed by atoms with van der Waals surface area (Å²) in [7, 11) is 0. The van der Waals surface area contributed by atoms with Crippen LogP contribution in [0.25, 0.3) is 0 Å². The van der Waals surface area contributed by atoms with Crippen LogP contribution in [-0.2, 0) is 17.6 Å². The lowest BCUT2D eigenvalue weighted by Crippen LogP contribution is -2.40. The van der Waals surface area contributed by atoms with Crippen molar-refractivity contribution in [1.29, 1.82) is 0 Å². The number of rotatable bonds is 6. The predicted molar refractivity (Wildman–Crippen MR) is 125 cm³/mol. The van der Waals surface area contributed by atoms with E-state index in [1.807, 2.05) is 11.0 Å². The van der Waals surface area contributed by atoms with Crippen LogP contribution in [-0.4, -0.2) is 54.9 Å². The zero-order valence-corrected chi connectivity index (χ0v) is 19.0. The van der Waals surface area contributed by atoms with Crippen molar-refractivity contribution in [2.45, 2.75) is 57.6 Å². The van der Waals surface area contributed by atoms with Gasteiger partial charge in [0.2, 0.25) is 17.8 Å². The Hall–Kier alpha value is -3.60. The van der Waals surface area contributed by atoms with E-state index in [1.165, 1.54) is 18.3 Å². The Morgan fingerprint density at radius 3 is 2.88 bits per heavy atom. The Labute approximate surface area is 196 Å². The van der Waals surface area contributed by atoms with Crippen LogP contribution in [0.5, 0.6) is 0 Å². The van der Waals surface area contributed by atoms with Gasteiger partial charge in [0.25, 0.3) is 0 Å². The molecule has 34 heavy (non-hydrogen) atoms. The van der Waals surface area contributed by atoms with Crippen molar-refractivity contribution in [1.82, 2.24) is 25.1 Å². The fourth-order valence-electron chi connectivity index (χ4n) is 4.44. The van der Waals surface area contributed by atoms with Crippen molar-refractivity contribution in [3.63, 3.8) is 0 Å². The molecule has 1 saturated heterocycles. The summed E-state index contributed by atoms with van der Waals surface area (Å²) in [6, 6.07) is 4.14. The van der Waals surface area contributed by atoms with Crippen molar-refractivity contribution in [3.8, 4) is 0 Å². The number of aromatic nitrogens is 5. The molecule has 10 nitrogen and oxygen atoms in total. The first-order valence-corrected chi connectivity index (χ1v) is 11.5. The molecule has 3 aromatic rings. The van der Waals surface area contributed by atoms with Gasteiger partial charge >= 0.3 is 0 Å². The Kier molecular flexibility index (Phi) is 5.86. The molecular formula is C23H27FN8O2. The lowest BCUT2D eigenvalue weighted by atomic mass is 10.1.